The van der Waals surface area contributed by atoms with Crippen molar-refractivity contribution in [2.24, 2.45) is 5.92 Å². The summed E-state index contributed by atoms with van der Waals surface area (Å²) in [6.45, 7) is 10.8. The molecular weight excluding hydrogens is 264 g/mol. The van der Waals surface area contributed by atoms with Crippen LogP contribution in [0.3, 0.4) is 0 Å². The van der Waals surface area contributed by atoms with Crippen molar-refractivity contribution in [3.8, 4) is 0 Å². The zero-order valence-corrected chi connectivity index (χ0v) is 13.4. The van der Waals surface area contributed by atoms with E-state index in [1.807, 2.05) is 6.07 Å². The molecule has 21 heavy (non-hydrogen) atoms. The van der Waals surface area contributed by atoms with E-state index >= 15 is 0 Å². The molecule has 4 nitrogen and oxygen atoms in total. The monoisotopic (exact) mass is 288 g/mol. The molecule has 2 rings (SSSR count). The molecule has 1 heterocycles. The maximum atomic E-state index is 11.2. The molecule has 114 valence electrons. The summed E-state index contributed by atoms with van der Waals surface area (Å²) in [7, 11) is 0. The third-order valence-electron chi connectivity index (χ3n) is 4.35. The topological polar surface area (TPSA) is 55.1 Å². The Kier molecular flexibility index (Phi) is 4.35. The highest BCUT2D eigenvalue weighted by atomic mass is 16.4. The van der Waals surface area contributed by atoms with Gasteiger partial charge in [0, 0.05) is 12.0 Å². The number of rotatable bonds is 5. The van der Waals surface area contributed by atoms with Gasteiger partial charge in [0.15, 0.2) is 0 Å². The first kappa shape index (κ1) is 15.5. The molecule has 0 saturated carbocycles. The molecule has 0 bridgehead atoms. The fraction of sp³-hybridized carbons (Fsp3) is 0.529. The zero-order valence-electron chi connectivity index (χ0n) is 13.4. The molecule has 0 aliphatic carbocycles. The molecule has 0 spiro atoms. The zero-order chi connectivity index (χ0) is 15.7. The number of aromatic carboxylic acids is 1. The SMILES string of the molecule is CCC(C)C(C)n1c(C(C)C)nc2ccc(C(=O)O)cc21. The highest BCUT2D eigenvalue weighted by Gasteiger charge is 2.22. The van der Waals surface area contributed by atoms with E-state index in [9.17, 15) is 9.90 Å². The lowest BCUT2D eigenvalue weighted by Crippen LogP contribution is -2.17. The highest BCUT2D eigenvalue weighted by molar-refractivity contribution is 5.92. The second kappa shape index (κ2) is 5.88. The van der Waals surface area contributed by atoms with Crippen molar-refractivity contribution in [3.05, 3.63) is 29.6 Å². The van der Waals surface area contributed by atoms with Crippen molar-refractivity contribution >= 4 is 17.0 Å². The Balaban J connectivity index is 2.70. The van der Waals surface area contributed by atoms with Crippen LogP contribution in [0.1, 0.15) is 69.2 Å². The number of fused-ring (bicyclic) bond motifs is 1. The van der Waals surface area contributed by atoms with E-state index in [-0.39, 0.29) is 0 Å². The fourth-order valence-corrected chi connectivity index (χ4v) is 2.68. The predicted molar refractivity (Wildman–Crippen MR) is 84.9 cm³/mol. The van der Waals surface area contributed by atoms with Gasteiger partial charge in [-0.05, 0) is 31.0 Å². The first-order valence-electron chi connectivity index (χ1n) is 7.62. The van der Waals surface area contributed by atoms with Crippen molar-refractivity contribution in [2.45, 2.75) is 53.0 Å². The van der Waals surface area contributed by atoms with Gasteiger partial charge in [-0.2, -0.15) is 0 Å². The first-order chi connectivity index (χ1) is 9.86. The minimum absolute atomic E-state index is 0.293. The lowest BCUT2D eigenvalue weighted by Gasteiger charge is -2.24. The van der Waals surface area contributed by atoms with Gasteiger partial charge in [-0.1, -0.05) is 34.1 Å². The smallest absolute Gasteiger partial charge is 0.335 e. The Morgan fingerprint density at radius 3 is 2.48 bits per heavy atom. The molecule has 1 aromatic heterocycles. The van der Waals surface area contributed by atoms with Gasteiger partial charge in [0.25, 0.3) is 0 Å². The summed E-state index contributed by atoms with van der Waals surface area (Å²) >= 11 is 0. The summed E-state index contributed by atoms with van der Waals surface area (Å²) in [6.07, 6.45) is 1.08. The van der Waals surface area contributed by atoms with Crippen LogP contribution in [0.25, 0.3) is 11.0 Å². The van der Waals surface area contributed by atoms with Gasteiger partial charge >= 0.3 is 5.97 Å². The van der Waals surface area contributed by atoms with Gasteiger partial charge in [0.1, 0.15) is 5.82 Å². The van der Waals surface area contributed by atoms with Crippen LogP contribution < -0.4 is 0 Å². The summed E-state index contributed by atoms with van der Waals surface area (Å²) in [6, 6.07) is 5.47. The molecule has 0 radical (unpaired) electrons. The van der Waals surface area contributed by atoms with Crippen LogP contribution in [0.2, 0.25) is 0 Å². The van der Waals surface area contributed by atoms with Crippen molar-refractivity contribution in [1.82, 2.24) is 9.55 Å². The summed E-state index contributed by atoms with van der Waals surface area (Å²) in [5.74, 6) is 0.942. The normalized spacial score (nSPS) is 14.6. The van der Waals surface area contributed by atoms with Gasteiger partial charge in [-0.3, -0.25) is 0 Å². The van der Waals surface area contributed by atoms with E-state index in [0.717, 1.165) is 23.3 Å². The molecule has 0 saturated heterocycles. The number of carboxylic acids is 1. The Bertz CT molecular complexity index is 658. The summed E-state index contributed by atoms with van der Waals surface area (Å²) in [5.41, 5.74) is 2.11. The summed E-state index contributed by atoms with van der Waals surface area (Å²) in [4.78, 5) is 15.9. The minimum atomic E-state index is -0.896. The van der Waals surface area contributed by atoms with Gasteiger partial charge in [0.2, 0.25) is 0 Å². The third kappa shape index (κ3) is 2.80. The maximum absolute atomic E-state index is 11.2. The van der Waals surface area contributed by atoms with Crippen molar-refractivity contribution < 1.29 is 9.90 Å². The minimum Gasteiger partial charge on any atom is -0.478 e. The van der Waals surface area contributed by atoms with E-state index in [1.54, 1.807) is 12.1 Å². The van der Waals surface area contributed by atoms with Crippen LogP contribution in [0, 0.1) is 5.92 Å². The Hall–Kier alpha value is -1.84. The van der Waals surface area contributed by atoms with Gasteiger partial charge in [-0.25, -0.2) is 9.78 Å². The Morgan fingerprint density at radius 1 is 1.29 bits per heavy atom. The highest BCUT2D eigenvalue weighted by Crippen LogP contribution is 2.31. The van der Waals surface area contributed by atoms with E-state index in [4.69, 9.17) is 4.98 Å². The molecule has 4 heteroatoms. The Morgan fingerprint density at radius 2 is 1.95 bits per heavy atom. The third-order valence-corrected chi connectivity index (χ3v) is 4.35. The van der Waals surface area contributed by atoms with Gasteiger partial charge in [0.05, 0.1) is 16.6 Å². The standard InChI is InChI=1S/C17H24N2O2/c1-6-11(4)12(5)19-15-9-13(17(20)21)7-8-14(15)18-16(19)10(2)3/h7-12H,6H2,1-5H3,(H,20,21). The maximum Gasteiger partial charge on any atom is 0.335 e. The number of carboxylic acid groups (broad SMARTS) is 1. The van der Waals surface area contributed by atoms with Crippen LogP contribution in [-0.2, 0) is 0 Å². The number of hydrogen-bond acceptors (Lipinski definition) is 2. The molecule has 0 aliphatic heterocycles. The summed E-state index contributed by atoms with van der Waals surface area (Å²) < 4.78 is 2.22. The second-order valence-electron chi connectivity index (χ2n) is 6.13. The van der Waals surface area contributed by atoms with E-state index in [0.29, 0.717) is 23.4 Å². The molecular formula is C17H24N2O2. The molecule has 0 fully saturated rings. The second-order valence-corrected chi connectivity index (χ2v) is 6.13. The van der Waals surface area contributed by atoms with Gasteiger partial charge in [-0.15, -0.1) is 0 Å². The number of hydrogen-bond donors (Lipinski definition) is 1. The van der Waals surface area contributed by atoms with Crippen LogP contribution in [0.15, 0.2) is 18.2 Å². The van der Waals surface area contributed by atoms with Crippen LogP contribution in [-0.4, -0.2) is 20.6 Å². The molecule has 2 aromatic rings. The number of benzene rings is 1. The van der Waals surface area contributed by atoms with E-state index < -0.39 is 5.97 Å². The lowest BCUT2D eigenvalue weighted by atomic mass is 9.99. The number of aromatic nitrogens is 2. The molecule has 2 atom stereocenters. The van der Waals surface area contributed by atoms with Crippen LogP contribution in [0.5, 0.6) is 0 Å². The fourth-order valence-electron chi connectivity index (χ4n) is 2.68. The number of carbonyl (C=O) groups is 1. The molecule has 0 amide bonds. The number of nitrogens with zero attached hydrogens (tertiary/aromatic N) is 2. The van der Waals surface area contributed by atoms with Crippen molar-refractivity contribution in [3.63, 3.8) is 0 Å². The first-order valence-corrected chi connectivity index (χ1v) is 7.62. The largest absolute Gasteiger partial charge is 0.478 e. The van der Waals surface area contributed by atoms with Gasteiger partial charge < -0.3 is 9.67 Å². The quantitative estimate of drug-likeness (QED) is 0.883. The van der Waals surface area contributed by atoms with E-state index in [1.165, 1.54) is 0 Å². The Labute approximate surface area is 125 Å². The van der Waals surface area contributed by atoms with E-state index in [2.05, 4.69) is 39.2 Å². The average Bonchev–Trinajstić information content (AvgIpc) is 2.84. The average molecular weight is 288 g/mol. The van der Waals surface area contributed by atoms with Crippen LogP contribution >= 0.6 is 0 Å². The molecule has 1 N–H and O–H groups in total. The molecule has 1 aromatic carbocycles. The molecule has 2 unspecified atom stereocenters. The predicted octanol–water partition coefficient (Wildman–Crippen LogP) is 4.47. The van der Waals surface area contributed by atoms with Crippen LogP contribution in [0.4, 0.5) is 0 Å². The number of imidazole rings is 1. The molecule has 0 aliphatic rings. The summed E-state index contributed by atoms with van der Waals surface area (Å²) in [5, 5.41) is 9.22. The lowest BCUT2D eigenvalue weighted by molar-refractivity contribution is 0.0697. The van der Waals surface area contributed by atoms with Crippen molar-refractivity contribution in [2.75, 3.05) is 0 Å². The van der Waals surface area contributed by atoms with Crippen molar-refractivity contribution in [1.29, 1.82) is 0 Å².